The molecule has 0 bridgehead atoms. The van der Waals surface area contributed by atoms with Gasteiger partial charge in [0.05, 0.1) is 6.10 Å². The van der Waals surface area contributed by atoms with Crippen LogP contribution in [0.25, 0.3) is 0 Å². The number of carbonyl (C=O) groups is 1. The third kappa shape index (κ3) is 5.94. The lowest BCUT2D eigenvalue weighted by Crippen LogP contribution is -2.56. The van der Waals surface area contributed by atoms with Gasteiger partial charge in [0.25, 0.3) is 5.91 Å². The van der Waals surface area contributed by atoms with Crippen LogP contribution in [0.15, 0.2) is 35.3 Å². The minimum Gasteiger partial charge on any atom is -0.390 e. The molecule has 160 valence electrons. The highest BCUT2D eigenvalue weighted by atomic mass is 32.2. The van der Waals surface area contributed by atoms with Crippen LogP contribution in [-0.4, -0.2) is 69.6 Å². The summed E-state index contributed by atoms with van der Waals surface area (Å²) >= 11 is 1.18. The number of benzene rings is 1. The first kappa shape index (κ1) is 22.1. The number of amides is 1. The first-order chi connectivity index (χ1) is 14.0. The summed E-state index contributed by atoms with van der Waals surface area (Å²) in [7, 11) is 0. The largest absolute Gasteiger partial charge is 0.390 e. The second kappa shape index (κ2) is 10.4. The van der Waals surface area contributed by atoms with Gasteiger partial charge in [0.15, 0.2) is 11.3 Å². The molecule has 2 aliphatic heterocycles. The number of carbonyl (C=O) groups excluding carboxylic acids is 1. The molecular weight excluding hydrogens is 390 g/mol. The van der Waals surface area contributed by atoms with E-state index < -0.39 is 23.7 Å². The number of thioether (sulfide) groups is 1. The maximum Gasteiger partial charge on any atom is 0.254 e. The van der Waals surface area contributed by atoms with E-state index in [0.717, 1.165) is 19.3 Å². The zero-order valence-electron chi connectivity index (χ0n) is 16.8. The summed E-state index contributed by atoms with van der Waals surface area (Å²) in [5.41, 5.74) is 6.64. The van der Waals surface area contributed by atoms with E-state index in [1.165, 1.54) is 17.3 Å². The van der Waals surface area contributed by atoms with Crippen molar-refractivity contribution in [2.75, 3.05) is 19.6 Å². The van der Waals surface area contributed by atoms with E-state index in [1.54, 1.807) is 4.90 Å². The van der Waals surface area contributed by atoms with E-state index in [-0.39, 0.29) is 12.3 Å². The number of ether oxygens (including phenoxy) is 1. The second-order valence-corrected chi connectivity index (χ2v) is 8.85. The fourth-order valence-electron chi connectivity index (χ4n) is 3.93. The number of hydrogen-bond acceptors (Lipinski definition) is 6. The summed E-state index contributed by atoms with van der Waals surface area (Å²) in [4.78, 5) is 18.8. The minimum absolute atomic E-state index is 0.203. The van der Waals surface area contributed by atoms with E-state index in [1.807, 2.05) is 25.1 Å². The number of aliphatic imine (C=N–C) groups is 1. The SMILES string of the molecule is CCN=C(N)S[C@@H]1CC(O)[C@H](O)C(C(=O)N2CCC(Cc3ccccc3)CC2)O1. The number of likely N-dealkylation sites (tertiary alicyclic amines) is 1. The number of aliphatic hydroxyl groups is 2. The van der Waals surface area contributed by atoms with Crippen LogP contribution in [0.5, 0.6) is 0 Å². The maximum absolute atomic E-state index is 13.0. The lowest BCUT2D eigenvalue weighted by Gasteiger charge is -2.40. The molecule has 1 aromatic carbocycles. The molecule has 0 aliphatic carbocycles. The van der Waals surface area contributed by atoms with Crippen LogP contribution in [0.4, 0.5) is 0 Å². The summed E-state index contributed by atoms with van der Waals surface area (Å²) in [5.74, 6) is 0.281. The van der Waals surface area contributed by atoms with Crippen LogP contribution in [0.3, 0.4) is 0 Å². The number of hydrogen-bond donors (Lipinski definition) is 3. The zero-order valence-corrected chi connectivity index (χ0v) is 17.6. The Morgan fingerprint density at radius 1 is 1.28 bits per heavy atom. The van der Waals surface area contributed by atoms with Crippen molar-refractivity contribution in [3.63, 3.8) is 0 Å². The average molecular weight is 422 g/mol. The van der Waals surface area contributed by atoms with E-state index in [2.05, 4.69) is 17.1 Å². The monoisotopic (exact) mass is 421 g/mol. The van der Waals surface area contributed by atoms with Gasteiger partial charge < -0.3 is 25.6 Å². The highest BCUT2D eigenvalue weighted by Crippen LogP contribution is 2.30. The lowest BCUT2D eigenvalue weighted by molar-refractivity contribution is -0.177. The van der Waals surface area contributed by atoms with Crippen molar-refractivity contribution in [2.45, 2.75) is 56.4 Å². The molecule has 0 aromatic heterocycles. The summed E-state index contributed by atoms with van der Waals surface area (Å²) in [6.07, 6.45) is -0.281. The number of nitrogens with zero attached hydrogens (tertiary/aromatic N) is 2. The molecule has 4 N–H and O–H groups in total. The van der Waals surface area contributed by atoms with Crippen LogP contribution in [-0.2, 0) is 16.0 Å². The number of piperidine rings is 1. The number of nitrogens with two attached hydrogens (primary N) is 1. The Kier molecular flexibility index (Phi) is 7.94. The molecule has 8 heteroatoms. The van der Waals surface area contributed by atoms with Gasteiger partial charge in [0, 0.05) is 26.1 Å². The zero-order chi connectivity index (χ0) is 20.8. The van der Waals surface area contributed by atoms with Crippen molar-refractivity contribution in [1.29, 1.82) is 0 Å². The third-order valence-electron chi connectivity index (χ3n) is 5.54. The summed E-state index contributed by atoms with van der Waals surface area (Å²) < 4.78 is 5.82. The molecule has 2 unspecified atom stereocenters. The Morgan fingerprint density at radius 2 is 1.97 bits per heavy atom. The Balaban J connectivity index is 1.55. The van der Waals surface area contributed by atoms with Crippen LogP contribution < -0.4 is 5.73 Å². The smallest absolute Gasteiger partial charge is 0.254 e. The van der Waals surface area contributed by atoms with Gasteiger partial charge in [-0.1, -0.05) is 42.1 Å². The molecule has 7 nitrogen and oxygen atoms in total. The molecule has 2 fully saturated rings. The van der Waals surface area contributed by atoms with Crippen molar-refractivity contribution in [2.24, 2.45) is 16.6 Å². The molecule has 2 saturated heterocycles. The summed E-state index contributed by atoms with van der Waals surface area (Å²) in [6, 6.07) is 10.4. The van der Waals surface area contributed by atoms with Crippen LogP contribution in [0.2, 0.25) is 0 Å². The van der Waals surface area contributed by atoms with Gasteiger partial charge in [-0.25, -0.2) is 0 Å². The Morgan fingerprint density at radius 3 is 2.62 bits per heavy atom. The van der Waals surface area contributed by atoms with Gasteiger partial charge >= 0.3 is 0 Å². The molecule has 29 heavy (non-hydrogen) atoms. The van der Waals surface area contributed by atoms with E-state index >= 15 is 0 Å². The first-order valence-electron chi connectivity index (χ1n) is 10.3. The second-order valence-electron chi connectivity index (χ2n) is 7.67. The highest BCUT2D eigenvalue weighted by molar-refractivity contribution is 8.14. The topological polar surface area (TPSA) is 108 Å². The van der Waals surface area contributed by atoms with Gasteiger partial charge in [-0.2, -0.15) is 0 Å². The number of rotatable bonds is 5. The molecule has 1 amide bonds. The first-order valence-corrected chi connectivity index (χ1v) is 11.2. The quantitative estimate of drug-likeness (QED) is 0.490. The molecule has 0 spiro atoms. The normalized spacial score (nSPS) is 29.1. The van der Waals surface area contributed by atoms with Gasteiger partial charge in [-0.3, -0.25) is 9.79 Å². The average Bonchev–Trinajstić information content (AvgIpc) is 2.71. The van der Waals surface area contributed by atoms with Crippen molar-refractivity contribution < 1.29 is 19.7 Å². The van der Waals surface area contributed by atoms with E-state index in [9.17, 15) is 15.0 Å². The molecule has 1 aromatic rings. The van der Waals surface area contributed by atoms with Gasteiger partial charge in [-0.05, 0) is 37.7 Å². The van der Waals surface area contributed by atoms with Gasteiger partial charge in [0.2, 0.25) is 0 Å². The number of amidine groups is 1. The Bertz CT molecular complexity index is 694. The lowest BCUT2D eigenvalue weighted by atomic mass is 9.89. The Hall–Kier alpha value is -1.61. The molecule has 0 saturated carbocycles. The molecule has 0 radical (unpaired) electrons. The van der Waals surface area contributed by atoms with Crippen LogP contribution >= 0.6 is 11.8 Å². The van der Waals surface area contributed by atoms with Crippen molar-refractivity contribution in [1.82, 2.24) is 4.90 Å². The fourth-order valence-corrected chi connectivity index (χ4v) is 4.87. The summed E-state index contributed by atoms with van der Waals surface area (Å²) in [6.45, 7) is 3.70. The minimum atomic E-state index is -1.23. The predicted octanol–water partition coefficient (Wildman–Crippen LogP) is 1.37. The van der Waals surface area contributed by atoms with Crippen molar-refractivity contribution >= 4 is 22.8 Å². The van der Waals surface area contributed by atoms with Crippen LogP contribution in [0.1, 0.15) is 31.7 Å². The molecular formula is C21H31N3O4S. The Labute approximate surface area is 176 Å². The third-order valence-corrected chi connectivity index (χ3v) is 6.48. The fraction of sp³-hybridized carbons (Fsp3) is 0.619. The van der Waals surface area contributed by atoms with Crippen molar-refractivity contribution in [3.05, 3.63) is 35.9 Å². The van der Waals surface area contributed by atoms with Gasteiger partial charge in [0.1, 0.15) is 11.5 Å². The standard InChI is InChI=1S/C21H31N3O4S/c1-2-23-21(22)29-17-13-16(25)18(26)19(28-17)20(27)24-10-8-15(9-11-24)12-14-6-4-3-5-7-14/h3-7,15-19,25-26H,2,8-13H2,1H3,(H2,22,23)/t16?,17-,18+,19?/m1/s1. The molecule has 2 heterocycles. The van der Waals surface area contributed by atoms with Gasteiger partial charge in [-0.15, -0.1) is 0 Å². The van der Waals surface area contributed by atoms with Crippen molar-refractivity contribution in [3.8, 4) is 0 Å². The maximum atomic E-state index is 13.0. The number of aliphatic hydroxyl groups excluding tert-OH is 2. The van der Waals surface area contributed by atoms with Crippen LogP contribution in [0, 0.1) is 5.92 Å². The highest BCUT2D eigenvalue weighted by Gasteiger charge is 2.43. The van der Waals surface area contributed by atoms with E-state index in [4.69, 9.17) is 10.5 Å². The molecule has 2 aliphatic rings. The molecule has 3 rings (SSSR count). The predicted molar refractivity (Wildman–Crippen MR) is 114 cm³/mol. The van der Waals surface area contributed by atoms with E-state index in [0.29, 0.717) is 30.7 Å². The summed E-state index contributed by atoms with van der Waals surface area (Å²) in [5, 5.41) is 20.9. The molecule has 4 atom stereocenters.